The number of alkyl halides is 6. The normalized spacial score (nSPS) is 21.2. The van der Waals surface area contributed by atoms with Gasteiger partial charge in [-0.25, -0.2) is 9.97 Å². The van der Waals surface area contributed by atoms with E-state index in [0.717, 1.165) is 54.6 Å². The summed E-state index contributed by atoms with van der Waals surface area (Å²) in [6.07, 6.45) is -5.55. The molecule has 2 unspecified atom stereocenters. The van der Waals surface area contributed by atoms with Crippen LogP contribution in [0.3, 0.4) is 0 Å². The monoisotopic (exact) mass is 567 g/mol. The maximum atomic E-state index is 13.3. The summed E-state index contributed by atoms with van der Waals surface area (Å²) in [5.74, 6) is 0.373. The summed E-state index contributed by atoms with van der Waals surface area (Å²) in [6, 6.07) is 12.4. The predicted molar refractivity (Wildman–Crippen MR) is 131 cm³/mol. The number of hydrogen-bond donors (Lipinski definition) is 0. The number of nitrogens with zero attached hydrogens (tertiary/aromatic N) is 3. The lowest BCUT2D eigenvalue weighted by molar-refractivity contribution is -0.141. The lowest BCUT2D eigenvalue weighted by atomic mass is 9.98. The van der Waals surface area contributed by atoms with Crippen LogP contribution in [0.15, 0.2) is 66.0 Å². The molecule has 39 heavy (non-hydrogen) atoms. The van der Waals surface area contributed by atoms with Crippen LogP contribution in [0.4, 0.5) is 26.3 Å². The Kier molecular flexibility index (Phi) is 7.49. The Morgan fingerprint density at radius 1 is 0.949 bits per heavy atom. The number of rotatable bonds is 6. The van der Waals surface area contributed by atoms with Gasteiger partial charge in [0, 0.05) is 42.4 Å². The fourth-order valence-electron chi connectivity index (χ4n) is 5.10. The minimum absolute atomic E-state index is 0.0109. The molecule has 0 aliphatic carbocycles. The average Bonchev–Trinajstić information content (AvgIpc) is 3.16. The highest BCUT2D eigenvalue weighted by Gasteiger charge is 2.44. The van der Waals surface area contributed by atoms with Gasteiger partial charge in [0.2, 0.25) is 0 Å². The van der Waals surface area contributed by atoms with Crippen LogP contribution >= 0.6 is 11.8 Å². The minimum Gasteiger partial charge on any atom is -0.490 e. The minimum atomic E-state index is -4.54. The first-order chi connectivity index (χ1) is 18.5. The molecule has 0 N–H and O–H groups in total. The lowest BCUT2D eigenvalue weighted by Crippen LogP contribution is -2.49. The Balaban J connectivity index is 1.19. The second-order valence-corrected chi connectivity index (χ2v) is 10.5. The van der Waals surface area contributed by atoms with Crippen molar-refractivity contribution < 1.29 is 35.9 Å². The highest BCUT2D eigenvalue weighted by molar-refractivity contribution is 7.98. The third-order valence-electron chi connectivity index (χ3n) is 6.88. The van der Waals surface area contributed by atoms with Gasteiger partial charge in [-0.15, -0.1) is 0 Å². The third kappa shape index (κ3) is 6.32. The predicted octanol–water partition coefficient (Wildman–Crippen LogP) is 7.02. The van der Waals surface area contributed by atoms with E-state index in [1.807, 2.05) is 4.90 Å². The van der Waals surface area contributed by atoms with Crippen LogP contribution in [0.5, 0.6) is 5.75 Å². The number of halogens is 6. The molecule has 2 aliphatic rings. The smallest absolute Gasteiger partial charge is 0.433 e. The number of amides is 1. The fraction of sp³-hybridized carbons (Fsp3) is 0.370. The van der Waals surface area contributed by atoms with E-state index in [4.69, 9.17) is 4.74 Å². The second-order valence-electron chi connectivity index (χ2n) is 9.54. The number of benzene rings is 2. The van der Waals surface area contributed by atoms with E-state index in [1.165, 1.54) is 12.1 Å². The standard InChI is InChI=1S/C27H23F6N3O2S/c28-26(29,30)18-2-1-3-21(12-18)38-22-13-19-8-9-20(14-22)36(19)24(37)17-6-4-16(5-7-17)15-39-25-34-11-10-23(35-25)27(31,32)33/h1-7,10-12,19-20,22H,8-9,13-15H2. The second kappa shape index (κ2) is 10.7. The summed E-state index contributed by atoms with van der Waals surface area (Å²) in [4.78, 5) is 22.6. The zero-order chi connectivity index (χ0) is 27.8. The molecule has 12 heteroatoms. The molecule has 206 valence electrons. The molecule has 1 amide bonds. The zero-order valence-electron chi connectivity index (χ0n) is 20.4. The first kappa shape index (κ1) is 27.3. The van der Waals surface area contributed by atoms with Crippen LogP contribution in [0.25, 0.3) is 0 Å². The Morgan fingerprint density at radius 2 is 1.64 bits per heavy atom. The quantitative estimate of drug-likeness (QED) is 0.182. The van der Waals surface area contributed by atoms with E-state index in [9.17, 15) is 31.1 Å². The largest absolute Gasteiger partial charge is 0.490 e. The maximum Gasteiger partial charge on any atom is 0.433 e. The molecule has 2 aliphatic heterocycles. The van der Waals surface area contributed by atoms with Crippen molar-refractivity contribution in [3.63, 3.8) is 0 Å². The highest BCUT2D eigenvalue weighted by Crippen LogP contribution is 2.39. The van der Waals surface area contributed by atoms with Gasteiger partial charge in [0.15, 0.2) is 5.16 Å². The summed E-state index contributed by atoms with van der Waals surface area (Å²) in [7, 11) is 0. The van der Waals surface area contributed by atoms with Crippen LogP contribution in [-0.2, 0) is 18.1 Å². The van der Waals surface area contributed by atoms with Gasteiger partial charge in [0.25, 0.3) is 5.91 Å². The van der Waals surface area contributed by atoms with Crippen LogP contribution in [0.2, 0.25) is 0 Å². The zero-order valence-corrected chi connectivity index (χ0v) is 21.2. The molecule has 2 fully saturated rings. The van der Waals surface area contributed by atoms with Crippen molar-refractivity contribution in [3.05, 3.63) is 83.2 Å². The Labute approximate surface area is 224 Å². The number of carbonyl (C=O) groups is 1. The molecule has 5 nitrogen and oxygen atoms in total. The molecule has 2 bridgehead atoms. The third-order valence-corrected chi connectivity index (χ3v) is 7.81. The summed E-state index contributed by atoms with van der Waals surface area (Å²) in [5.41, 5.74) is -0.471. The van der Waals surface area contributed by atoms with Crippen LogP contribution in [0.1, 0.15) is 52.9 Å². The van der Waals surface area contributed by atoms with Crippen molar-refractivity contribution in [1.82, 2.24) is 14.9 Å². The number of fused-ring (bicyclic) bond motifs is 2. The van der Waals surface area contributed by atoms with Gasteiger partial charge in [-0.2, -0.15) is 26.3 Å². The number of carbonyl (C=O) groups excluding carboxylic acids is 1. The molecule has 0 saturated carbocycles. The van der Waals surface area contributed by atoms with E-state index in [-0.39, 0.29) is 35.0 Å². The molecule has 0 spiro atoms. The maximum absolute atomic E-state index is 13.3. The summed E-state index contributed by atoms with van der Waals surface area (Å²) < 4.78 is 83.6. The number of aromatic nitrogens is 2. The highest BCUT2D eigenvalue weighted by atomic mass is 32.2. The molecule has 0 radical (unpaired) electrons. The summed E-state index contributed by atoms with van der Waals surface area (Å²) >= 11 is 1.07. The topological polar surface area (TPSA) is 55.3 Å². The van der Waals surface area contributed by atoms with E-state index in [0.29, 0.717) is 24.2 Å². The van der Waals surface area contributed by atoms with E-state index in [2.05, 4.69) is 9.97 Å². The molecule has 5 rings (SSSR count). The van der Waals surface area contributed by atoms with Crippen LogP contribution < -0.4 is 4.74 Å². The van der Waals surface area contributed by atoms with Crippen LogP contribution in [-0.4, -0.2) is 39.0 Å². The molecule has 3 heterocycles. The molecular weight excluding hydrogens is 544 g/mol. The van der Waals surface area contributed by atoms with Crippen molar-refractivity contribution in [1.29, 1.82) is 0 Å². The first-order valence-corrected chi connectivity index (χ1v) is 13.2. The molecule has 3 aromatic rings. The Hall–Kier alpha value is -3.28. The van der Waals surface area contributed by atoms with Gasteiger partial charge < -0.3 is 9.64 Å². The lowest BCUT2D eigenvalue weighted by Gasteiger charge is -2.39. The number of ether oxygens (including phenoxy) is 1. The van der Waals surface area contributed by atoms with Crippen molar-refractivity contribution >= 4 is 17.7 Å². The molecule has 2 aromatic carbocycles. The average molecular weight is 568 g/mol. The van der Waals surface area contributed by atoms with Crippen molar-refractivity contribution in [3.8, 4) is 5.75 Å². The Bertz CT molecular complexity index is 1320. The van der Waals surface area contributed by atoms with Gasteiger partial charge in [0.05, 0.1) is 5.56 Å². The number of thioether (sulfide) groups is 1. The molecular formula is C27H23F6N3O2S. The summed E-state index contributed by atoms with van der Waals surface area (Å²) in [5, 5.41) is 0.0109. The van der Waals surface area contributed by atoms with Crippen LogP contribution in [0, 0.1) is 0 Å². The van der Waals surface area contributed by atoms with Gasteiger partial charge in [-0.05, 0) is 54.8 Å². The molecule has 2 saturated heterocycles. The van der Waals surface area contributed by atoms with Crippen molar-refractivity contribution in [2.24, 2.45) is 0 Å². The van der Waals surface area contributed by atoms with E-state index < -0.39 is 23.6 Å². The summed E-state index contributed by atoms with van der Waals surface area (Å²) in [6.45, 7) is 0. The Morgan fingerprint density at radius 3 is 2.28 bits per heavy atom. The molecule has 2 atom stereocenters. The molecule has 1 aromatic heterocycles. The fourth-order valence-corrected chi connectivity index (χ4v) is 5.89. The van der Waals surface area contributed by atoms with Gasteiger partial charge in [-0.1, -0.05) is 30.0 Å². The van der Waals surface area contributed by atoms with Gasteiger partial charge >= 0.3 is 12.4 Å². The van der Waals surface area contributed by atoms with Gasteiger partial charge in [-0.3, -0.25) is 4.79 Å². The number of hydrogen-bond acceptors (Lipinski definition) is 5. The first-order valence-electron chi connectivity index (χ1n) is 12.3. The SMILES string of the molecule is O=C(c1ccc(CSc2nccc(C(F)(F)F)n2)cc1)N1C2CCC1CC(Oc1cccc(C(F)(F)F)c1)C2. The van der Waals surface area contributed by atoms with E-state index >= 15 is 0 Å². The van der Waals surface area contributed by atoms with Crippen molar-refractivity contribution in [2.45, 2.75) is 67.1 Å². The number of piperidine rings is 1. The van der Waals surface area contributed by atoms with Gasteiger partial charge in [0.1, 0.15) is 17.5 Å². The van der Waals surface area contributed by atoms with E-state index in [1.54, 1.807) is 24.3 Å². The van der Waals surface area contributed by atoms with Crippen molar-refractivity contribution in [2.75, 3.05) is 0 Å².